The number of aliphatic hydroxyl groups is 1. The molecule has 7 rings (SSSR count). The van der Waals surface area contributed by atoms with Gasteiger partial charge in [0, 0.05) is 55.3 Å². The molecular weight excluding hydrogens is 622 g/mol. The van der Waals surface area contributed by atoms with E-state index in [0.717, 1.165) is 54.9 Å². The number of hydrogen-bond donors (Lipinski definition) is 3. The summed E-state index contributed by atoms with van der Waals surface area (Å²) < 4.78 is 31.0. The van der Waals surface area contributed by atoms with Crippen molar-refractivity contribution in [2.75, 3.05) is 43.5 Å². The average molecular weight is 666 g/mol. The molecule has 3 aliphatic heterocycles. The van der Waals surface area contributed by atoms with Gasteiger partial charge in [0.1, 0.15) is 11.5 Å². The summed E-state index contributed by atoms with van der Waals surface area (Å²) in [5, 5.41) is 15.3. The molecule has 49 heavy (non-hydrogen) atoms. The lowest BCUT2D eigenvalue weighted by Crippen LogP contribution is -2.50. The molecular formula is C39H43N3O7. The number of amides is 2. The van der Waals surface area contributed by atoms with E-state index in [1.54, 1.807) is 12.1 Å². The summed E-state index contributed by atoms with van der Waals surface area (Å²) in [4.78, 5) is 15.2. The monoisotopic (exact) mass is 665 g/mol. The van der Waals surface area contributed by atoms with Crippen molar-refractivity contribution < 1.29 is 33.6 Å². The zero-order valence-electron chi connectivity index (χ0n) is 27.6. The number of nitrogens with one attached hydrogen (secondary N) is 2. The fourth-order valence-corrected chi connectivity index (χ4v) is 6.69. The van der Waals surface area contributed by atoms with E-state index in [4.69, 9.17) is 23.7 Å². The van der Waals surface area contributed by atoms with Crippen LogP contribution >= 0.6 is 0 Å². The van der Waals surface area contributed by atoms with E-state index in [2.05, 4.69) is 22.5 Å². The number of anilines is 2. The maximum atomic E-state index is 12.8. The van der Waals surface area contributed by atoms with Crippen LogP contribution in [0.3, 0.4) is 0 Å². The van der Waals surface area contributed by atoms with Crippen LogP contribution in [-0.4, -0.2) is 60.8 Å². The molecule has 4 aromatic rings. The molecule has 4 aromatic carbocycles. The molecule has 0 aromatic heterocycles. The van der Waals surface area contributed by atoms with E-state index in [1.807, 2.05) is 91.0 Å². The smallest absolute Gasteiger partial charge is 0.323 e. The Bertz CT molecular complexity index is 1650. The summed E-state index contributed by atoms with van der Waals surface area (Å²) in [5.41, 5.74) is 4.04. The summed E-state index contributed by atoms with van der Waals surface area (Å²) in [6.45, 7) is 6.02. The molecule has 2 amide bonds. The standard InChI is InChI=1S/C39H43N3O7/c1-27-35(25-42-21-19-39(20-22-42)45-23-24-46-39)48-37(49-36(27)29-9-7-28(26-43)8-10-29)30-11-13-31(14-12-30)40-38(44)41-32-15-17-34(18-16-32)47-33-5-3-2-4-6-33/h2-18,27,35-37,43H,19-26H2,1H3,(H2,40,41,44)/t27-,35+,36+,37+/m0/s1. The van der Waals surface area contributed by atoms with Gasteiger partial charge in [-0.3, -0.25) is 0 Å². The number of rotatable bonds is 9. The number of likely N-dealkylation sites (tertiary alicyclic amines) is 1. The number of aliphatic hydroxyl groups excluding tert-OH is 1. The normalized spacial score (nSPS) is 23.6. The minimum absolute atomic E-state index is 0.00595. The van der Waals surface area contributed by atoms with Gasteiger partial charge in [-0.05, 0) is 59.7 Å². The van der Waals surface area contributed by atoms with Crippen molar-refractivity contribution in [3.8, 4) is 11.5 Å². The first-order valence-electron chi connectivity index (χ1n) is 17.0. The van der Waals surface area contributed by atoms with Crippen LogP contribution in [0.2, 0.25) is 0 Å². The van der Waals surface area contributed by atoms with Gasteiger partial charge in [0.2, 0.25) is 0 Å². The van der Waals surface area contributed by atoms with E-state index in [-0.39, 0.29) is 30.8 Å². The minimum Gasteiger partial charge on any atom is -0.457 e. The topological polar surface area (TPSA) is 111 Å². The van der Waals surface area contributed by atoms with E-state index in [1.165, 1.54) is 0 Å². The predicted octanol–water partition coefficient (Wildman–Crippen LogP) is 7.25. The SMILES string of the molecule is C[C@H]1[C@@H](CN2CCC3(CC2)OCCO3)O[C@@H](c2ccc(NC(=O)Nc3ccc(Oc4ccccc4)cc3)cc2)O[C@H]1c1ccc(CO)cc1. The lowest BCUT2D eigenvalue weighted by atomic mass is 9.89. The van der Waals surface area contributed by atoms with Gasteiger partial charge >= 0.3 is 6.03 Å². The Kier molecular flexibility index (Phi) is 10.2. The van der Waals surface area contributed by atoms with E-state index in [9.17, 15) is 9.90 Å². The van der Waals surface area contributed by atoms with Gasteiger partial charge in [0.05, 0.1) is 32.0 Å². The molecule has 0 saturated carbocycles. The number of piperidine rings is 1. The third-order valence-electron chi connectivity index (χ3n) is 9.52. The largest absolute Gasteiger partial charge is 0.457 e. The van der Waals surface area contributed by atoms with Crippen LogP contribution in [0, 0.1) is 5.92 Å². The molecule has 3 aliphatic rings. The van der Waals surface area contributed by atoms with Gasteiger partial charge in [-0.15, -0.1) is 0 Å². The van der Waals surface area contributed by atoms with Gasteiger partial charge in [-0.1, -0.05) is 61.5 Å². The second-order valence-electron chi connectivity index (χ2n) is 12.9. The third kappa shape index (κ3) is 8.13. The van der Waals surface area contributed by atoms with Crippen molar-refractivity contribution in [1.29, 1.82) is 0 Å². The fraction of sp³-hybridized carbons (Fsp3) is 0.359. The summed E-state index contributed by atoms with van der Waals surface area (Å²) in [7, 11) is 0. The van der Waals surface area contributed by atoms with Crippen molar-refractivity contribution in [3.05, 3.63) is 120 Å². The summed E-state index contributed by atoms with van der Waals surface area (Å²) in [6.07, 6.45) is 0.795. The first-order chi connectivity index (χ1) is 23.9. The summed E-state index contributed by atoms with van der Waals surface area (Å²) in [5.74, 6) is 1.08. The van der Waals surface area contributed by atoms with Crippen LogP contribution in [0.1, 0.15) is 48.8 Å². The van der Waals surface area contributed by atoms with Crippen LogP contribution in [0.4, 0.5) is 16.2 Å². The predicted molar refractivity (Wildman–Crippen MR) is 185 cm³/mol. The molecule has 3 fully saturated rings. The zero-order valence-corrected chi connectivity index (χ0v) is 27.6. The summed E-state index contributed by atoms with van der Waals surface area (Å²) in [6, 6.07) is 31.9. The molecule has 0 unspecified atom stereocenters. The fourth-order valence-electron chi connectivity index (χ4n) is 6.69. The molecule has 10 nitrogen and oxygen atoms in total. The Labute approximate surface area is 286 Å². The average Bonchev–Trinajstić information content (AvgIpc) is 3.59. The van der Waals surface area contributed by atoms with Crippen LogP contribution in [0.25, 0.3) is 0 Å². The van der Waals surface area contributed by atoms with Gasteiger partial charge < -0.3 is 44.3 Å². The quantitative estimate of drug-likeness (QED) is 0.172. The van der Waals surface area contributed by atoms with Gasteiger partial charge in [-0.2, -0.15) is 0 Å². The lowest BCUT2D eigenvalue weighted by molar-refractivity contribution is -0.278. The number of urea groups is 1. The Morgan fingerprint density at radius 2 is 1.39 bits per heavy atom. The molecule has 256 valence electrons. The maximum Gasteiger partial charge on any atom is 0.323 e. The summed E-state index contributed by atoms with van der Waals surface area (Å²) >= 11 is 0. The Morgan fingerprint density at radius 1 is 0.796 bits per heavy atom. The first-order valence-corrected chi connectivity index (χ1v) is 17.0. The molecule has 0 aliphatic carbocycles. The van der Waals surface area contributed by atoms with E-state index >= 15 is 0 Å². The number of benzene rings is 4. The molecule has 10 heteroatoms. The van der Waals surface area contributed by atoms with Crippen molar-refractivity contribution >= 4 is 17.4 Å². The van der Waals surface area contributed by atoms with Crippen molar-refractivity contribution in [2.24, 2.45) is 5.92 Å². The first kappa shape index (κ1) is 33.2. The highest BCUT2D eigenvalue weighted by Gasteiger charge is 2.43. The second-order valence-corrected chi connectivity index (χ2v) is 12.9. The molecule has 3 heterocycles. The molecule has 0 radical (unpaired) electrons. The van der Waals surface area contributed by atoms with Crippen LogP contribution < -0.4 is 15.4 Å². The van der Waals surface area contributed by atoms with Crippen molar-refractivity contribution in [1.82, 2.24) is 4.90 Å². The number of ether oxygens (including phenoxy) is 5. The Morgan fingerprint density at radius 3 is 2.02 bits per heavy atom. The van der Waals surface area contributed by atoms with Crippen LogP contribution in [0.5, 0.6) is 11.5 Å². The molecule has 1 spiro atoms. The Balaban J connectivity index is 0.993. The lowest BCUT2D eigenvalue weighted by Gasteiger charge is -2.44. The molecule has 4 atom stereocenters. The number of hydrogen-bond acceptors (Lipinski definition) is 8. The number of carbonyl (C=O) groups is 1. The number of para-hydroxylation sites is 1. The van der Waals surface area contributed by atoms with Crippen molar-refractivity contribution in [2.45, 2.75) is 50.7 Å². The number of nitrogens with zero attached hydrogens (tertiary/aromatic N) is 1. The van der Waals surface area contributed by atoms with Crippen molar-refractivity contribution in [3.63, 3.8) is 0 Å². The van der Waals surface area contributed by atoms with Crippen LogP contribution in [-0.2, 0) is 25.6 Å². The molecule has 0 bridgehead atoms. The van der Waals surface area contributed by atoms with Crippen LogP contribution in [0.15, 0.2) is 103 Å². The third-order valence-corrected chi connectivity index (χ3v) is 9.52. The Hall–Kier alpha value is -4.29. The molecule has 3 saturated heterocycles. The maximum absolute atomic E-state index is 12.8. The highest BCUT2D eigenvalue weighted by molar-refractivity contribution is 5.99. The zero-order chi connectivity index (χ0) is 33.6. The van der Waals surface area contributed by atoms with E-state index in [0.29, 0.717) is 30.3 Å². The molecule has 3 N–H and O–H groups in total. The van der Waals surface area contributed by atoms with Gasteiger partial charge in [-0.25, -0.2) is 4.79 Å². The van der Waals surface area contributed by atoms with Gasteiger partial charge in [0.25, 0.3) is 0 Å². The number of carbonyl (C=O) groups excluding carboxylic acids is 1. The highest BCUT2D eigenvalue weighted by atomic mass is 16.7. The minimum atomic E-state index is -0.596. The van der Waals surface area contributed by atoms with Gasteiger partial charge in [0.15, 0.2) is 12.1 Å². The highest BCUT2D eigenvalue weighted by Crippen LogP contribution is 2.42. The van der Waals surface area contributed by atoms with E-state index < -0.39 is 12.1 Å². The second kappa shape index (κ2) is 15.1.